The summed E-state index contributed by atoms with van der Waals surface area (Å²) < 4.78 is 31.6. The molecule has 1 amide bonds. The maximum Gasteiger partial charge on any atom is 0.225 e. The van der Waals surface area contributed by atoms with Gasteiger partial charge in [-0.05, 0) is 67.7 Å². The van der Waals surface area contributed by atoms with Crippen LogP contribution in [0, 0.1) is 11.6 Å². The first kappa shape index (κ1) is 20.3. The normalized spacial score (nSPS) is 15.4. The number of nitrogens with zero attached hydrogens (tertiary/aromatic N) is 1. The van der Waals surface area contributed by atoms with Gasteiger partial charge < -0.3 is 19.9 Å². The minimum Gasteiger partial charge on any atom is -0.497 e. The number of nitrogens with one attached hydrogen (secondary N) is 2. The number of methoxy groups -OCH3 is 1. The standard InChI is InChI=1S/C23H25F2N3O2/c1-30-17-3-5-22-18(13-17)19(14-26-22)15-6-9-28(10-7-15)11-8-23(29)27-16-2-4-20(24)21(25)12-16/h2-5,12-15,26H,6-11H2,1H3,(H,27,29). The molecule has 1 aromatic heterocycles. The van der Waals surface area contributed by atoms with Gasteiger partial charge in [-0.1, -0.05) is 0 Å². The molecule has 0 saturated carbocycles. The fourth-order valence-corrected chi connectivity index (χ4v) is 4.11. The van der Waals surface area contributed by atoms with Gasteiger partial charge in [-0.25, -0.2) is 8.78 Å². The molecule has 2 N–H and O–H groups in total. The van der Waals surface area contributed by atoms with Gasteiger partial charge in [0.1, 0.15) is 5.75 Å². The maximum atomic E-state index is 13.3. The molecule has 1 saturated heterocycles. The Bertz CT molecular complexity index is 1040. The summed E-state index contributed by atoms with van der Waals surface area (Å²) in [4.78, 5) is 17.8. The quantitative estimate of drug-likeness (QED) is 0.618. The molecule has 5 nitrogen and oxygen atoms in total. The molecule has 0 aliphatic carbocycles. The van der Waals surface area contributed by atoms with E-state index in [1.807, 2.05) is 12.1 Å². The molecule has 1 fully saturated rings. The number of benzene rings is 2. The van der Waals surface area contributed by atoms with Crippen molar-refractivity contribution in [3.05, 3.63) is 59.8 Å². The lowest BCUT2D eigenvalue weighted by Gasteiger charge is -2.31. The van der Waals surface area contributed by atoms with Crippen molar-refractivity contribution >= 4 is 22.5 Å². The number of halogens is 2. The number of carbonyl (C=O) groups excluding carboxylic acids is 1. The Hall–Kier alpha value is -2.93. The van der Waals surface area contributed by atoms with E-state index in [1.165, 1.54) is 17.0 Å². The average Bonchev–Trinajstić information content (AvgIpc) is 3.18. The van der Waals surface area contributed by atoms with Crippen molar-refractivity contribution in [2.45, 2.75) is 25.2 Å². The van der Waals surface area contributed by atoms with E-state index in [-0.39, 0.29) is 11.6 Å². The average molecular weight is 413 g/mol. The maximum absolute atomic E-state index is 13.3. The molecule has 2 heterocycles. The molecular weight excluding hydrogens is 388 g/mol. The number of fused-ring (bicyclic) bond motifs is 1. The highest BCUT2D eigenvalue weighted by atomic mass is 19.2. The minimum atomic E-state index is -0.968. The van der Waals surface area contributed by atoms with Crippen LogP contribution in [-0.4, -0.2) is 42.5 Å². The third-order valence-corrected chi connectivity index (χ3v) is 5.81. The molecule has 7 heteroatoms. The van der Waals surface area contributed by atoms with E-state index in [2.05, 4.69) is 27.5 Å². The van der Waals surface area contributed by atoms with Crippen LogP contribution in [0.5, 0.6) is 5.75 Å². The molecule has 3 aromatic rings. The Morgan fingerprint density at radius 2 is 1.97 bits per heavy atom. The summed E-state index contributed by atoms with van der Waals surface area (Å²) in [5.74, 6) is -0.771. The zero-order valence-corrected chi connectivity index (χ0v) is 16.9. The van der Waals surface area contributed by atoms with Gasteiger partial charge in [-0.3, -0.25) is 4.79 Å². The second kappa shape index (κ2) is 8.83. The number of hydrogen-bond donors (Lipinski definition) is 2. The van der Waals surface area contributed by atoms with E-state index in [4.69, 9.17) is 4.74 Å². The Kier molecular flexibility index (Phi) is 5.99. The van der Waals surface area contributed by atoms with Gasteiger partial charge in [0.2, 0.25) is 5.91 Å². The Labute approximate surface area is 174 Å². The highest BCUT2D eigenvalue weighted by Crippen LogP contribution is 2.34. The van der Waals surface area contributed by atoms with Crippen LogP contribution < -0.4 is 10.1 Å². The molecule has 158 valence electrons. The predicted octanol–water partition coefficient (Wildman–Crippen LogP) is 4.66. The van der Waals surface area contributed by atoms with Crippen molar-refractivity contribution in [3.8, 4) is 5.75 Å². The van der Waals surface area contributed by atoms with E-state index in [0.29, 0.717) is 18.9 Å². The van der Waals surface area contributed by atoms with Crippen molar-refractivity contribution < 1.29 is 18.3 Å². The number of hydrogen-bond acceptors (Lipinski definition) is 3. The van der Waals surface area contributed by atoms with Crippen LogP contribution in [0.2, 0.25) is 0 Å². The van der Waals surface area contributed by atoms with Crippen molar-refractivity contribution in [2.24, 2.45) is 0 Å². The van der Waals surface area contributed by atoms with E-state index in [9.17, 15) is 13.6 Å². The van der Waals surface area contributed by atoms with E-state index >= 15 is 0 Å². The number of piperidine rings is 1. The number of amides is 1. The van der Waals surface area contributed by atoms with Crippen LogP contribution in [0.1, 0.15) is 30.7 Å². The van der Waals surface area contributed by atoms with Crippen LogP contribution in [0.25, 0.3) is 10.9 Å². The van der Waals surface area contributed by atoms with Crippen molar-refractivity contribution in [2.75, 3.05) is 32.1 Å². The van der Waals surface area contributed by atoms with Crippen molar-refractivity contribution in [3.63, 3.8) is 0 Å². The third kappa shape index (κ3) is 4.46. The summed E-state index contributed by atoms with van der Waals surface area (Å²) >= 11 is 0. The van der Waals surface area contributed by atoms with Crippen molar-refractivity contribution in [1.29, 1.82) is 0 Å². The van der Waals surface area contributed by atoms with Gasteiger partial charge in [0.25, 0.3) is 0 Å². The fourth-order valence-electron chi connectivity index (χ4n) is 4.11. The van der Waals surface area contributed by atoms with E-state index in [1.54, 1.807) is 7.11 Å². The number of carbonyl (C=O) groups is 1. The third-order valence-electron chi connectivity index (χ3n) is 5.81. The summed E-state index contributed by atoms with van der Waals surface area (Å²) in [6.07, 6.45) is 4.46. The molecule has 0 radical (unpaired) electrons. The lowest BCUT2D eigenvalue weighted by atomic mass is 9.89. The zero-order chi connectivity index (χ0) is 21.1. The largest absolute Gasteiger partial charge is 0.497 e. The monoisotopic (exact) mass is 413 g/mol. The van der Waals surface area contributed by atoms with Crippen LogP contribution in [0.15, 0.2) is 42.6 Å². The van der Waals surface area contributed by atoms with Gasteiger partial charge in [0.05, 0.1) is 7.11 Å². The summed E-state index contributed by atoms with van der Waals surface area (Å²) in [6.45, 7) is 2.48. The number of ether oxygens (including phenoxy) is 1. The molecule has 4 rings (SSSR count). The van der Waals surface area contributed by atoms with Crippen molar-refractivity contribution in [1.82, 2.24) is 9.88 Å². The first-order chi connectivity index (χ1) is 14.5. The molecule has 1 aliphatic heterocycles. The molecule has 1 aliphatic rings. The number of aromatic nitrogens is 1. The van der Waals surface area contributed by atoms with Crippen LogP contribution in [-0.2, 0) is 4.79 Å². The molecular formula is C23H25F2N3O2. The summed E-state index contributed by atoms with van der Waals surface area (Å²) in [6, 6.07) is 9.44. The van der Waals surface area contributed by atoms with Crippen LogP contribution in [0.3, 0.4) is 0 Å². The molecule has 30 heavy (non-hydrogen) atoms. The fraction of sp³-hybridized carbons (Fsp3) is 0.348. The first-order valence-corrected chi connectivity index (χ1v) is 10.2. The number of likely N-dealkylation sites (tertiary alicyclic amines) is 1. The first-order valence-electron chi connectivity index (χ1n) is 10.2. The molecule has 0 atom stereocenters. The Morgan fingerprint density at radius 3 is 2.70 bits per heavy atom. The minimum absolute atomic E-state index is 0.202. The highest BCUT2D eigenvalue weighted by molar-refractivity contribution is 5.90. The van der Waals surface area contributed by atoms with Gasteiger partial charge in [0.15, 0.2) is 11.6 Å². The zero-order valence-electron chi connectivity index (χ0n) is 16.9. The second-order valence-electron chi connectivity index (χ2n) is 7.70. The molecule has 0 unspecified atom stereocenters. The lowest BCUT2D eigenvalue weighted by molar-refractivity contribution is -0.116. The Morgan fingerprint density at radius 1 is 1.17 bits per heavy atom. The molecule has 0 spiro atoms. The van der Waals surface area contributed by atoms with Crippen LogP contribution >= 0.6 is 0 Å². The number of rotatable bonds is 6. The van der Waals surface area contributed by atoms with Crippen LogP contribution in [0.4, 0.5) is 14.5 Å². The number of aromatic amines is 1. The Balaban J connectivity index is 1.28. The topological polar surface area (TPSA) is 57.4 Å². The predicted molar refractivity (Wildman–Crippen MR) is 113 cm³/mol. The highest BCUT2D eigenvalue weighted by Gasteiger charge is 2.23. The summed E-state index contributed by atoms with van der Waals surface area (Å²) in [5, 5.41) is 3.83. The number of H-pyrrole nitrogens is 1. The van der Waals surface area contributed by atoms with Gasteiger partial charge in [0, 0.05) is 41.8 Å². The van der Waals surface area contributed by atoms with Gasteiger partial charge in [-0.2, -0.15) is 0 Å². The SMILES string of the molecule is COc1ccc2[nH]cc(C3CCN(CCC(=O)Nc4ccc(F)c(F)c4)CC3)c2c1. The number of anilines is 1. The van der Waals surface area contributed by atoms with E-state index < -0.39 is 11.6 Å². The lowest BCUT2D eigenvalue weighted by Crippen LogP contribution is -2.35. The van der Waals surface area contributed by atoms with E-state index in [0.717, 1.165) is 49.3 Å². The van der Waals surface area contributed by atoms with Gasteiger partial charge in [-0.15, -0.1) is 0 Å². The summed E-state index contributed by atoms with van der Waals surface area (Å²) in [5.41, 5.74) is 2.70. The summed E-state index contributed by atoms with van der Waals surface area (Å²) in [7, 11) is 1.68. The molecule has 2 aromatic carbocycles. The van der Waals surface area contributed by atoms with Gasteiger partial charge >= 0.3 is 0 Å². The smallest absolute Gasteiger partial charge is 0.225 e. The molecule has 0 bridgehead atoms. The second-order valence-corrected chi connectivity index (χ2v) is 7.70.